The first-order chi connectivity index (χ1) is 19.8. The zero-order chi connectivity index (χ0) is 29.0. The molecule has 12 nitrogen and oxygen atoms in total. The number of carbonyl (C=O) groups is 1. The number of halogens is 1. The summed E-state index contributed by atoms with van der Waals surface area (Å²) < 4.78 is 55.3. The highest BCUT2D eigenvalue weighted by Gasteiger charge is 1.98. The van der Waals surface area contributed by atoms with E-state index in [9.17, 15) is 4.79 Å². The van der Waals surface area contributed by atoms with Gasteiger partial charge >= 0.3 is 5.97 Å². The van der Waals surface area contributed by atoms with Crippen molar-refractivity contribution in [1.29, 1.82) is 0 Å². The van der Waals surface area contributed by atoms with Crippen LogP contribution < -0.4 is 0 Å². The predicted molar refractivity (Wildman–Crippen MR) is 158 cm³/mol. The van der Waals surface area contributed by atoms with Crippen LogP contribution in [0.1, 0.15) is 32.1 Å². The van der Waals surface area contributed by atoms with Crippen molar-refractivity contribution in [2.75, 3.05) is 137 Å². The van der Waals surface area contributed by atoms with E-state index in [1.807, 2.05) is 0 Å². The molecular weight excluding hydrogens is 643 g/mol. The lowest BCUT2D eigenvalue weighted by Gasteiger charge is -2.09. The predicted octanol–water partition coefficient (Wildman–Crippen LogP) is 2.62. The Morgan fingerprint density at radius 2 is 0.625 bits per heavy atom. The summed E-state index contributed by atoms with van der Waals surface area (Å²) in [6.07, 6.45) is 4.97. The Kier molecular flexibility index (Phi) is 36.6. The van der Waals surface area contributed by atoms with Crippen molar-refractivity contribution in [3.63, 3.8) is 0 Å². The van der Waals surface area contributed by atoms with Crippen molar-refractivity contribution < 1.29 is 57.3 Å². The van der Waals surface area contributed by atoms with Crippen LogP contribution in [0.15, 0.2) is 0 Å². The minimum atomic E-state index is -0.870. The molecule has 0 saturated heterocycles. The molecule has 0 rings (SSSR count). The third-order valence-corrected chi connectivity index (χ3v) is 5.74. The first-order valence-electron chi connectivity index (χ1n) is 14.3. The summed E-state index contributed by atoms with van der Waals surface area (Å²) in [6, 6.07) is 0. The van der Waals surface area contributed by atoms with Crippen LogP contribution >= 0.6 is 22.6 Å². The van der Waals surface area contributed by atoms with Crippen LogP contribution in [0.3, 0.4) is 0 Å². The van der Waals surface area contributed by atoms with Crippen LogP contribution in [0.4, 0.5) is 0 Å². The largest absolute Gasteiger partial charge is 0.481 e. The summed E-state index contributed by atoms with van der Waals surface area (Å²) in [5.41, 5.74) is 0. The molecule has 0 aromatic heterocycles. The quantitative estimate of drug-likeness (QED) is 0.0588. The van der Waals surface area contributed by atoms with Crippen molar-refractivity contribution in [1.82, 2.24) is 0 Å². The number of carboxylic acid groups (broad SMARTS) is 1. The number of carboxylic acids is 1. The molecule has 1 N–H and O–H groups in total. The lowest BCUT2D eigenvalue weighted by molar-refractivity contribution is -0.138. The highest BCUT2D eigenvalue weighted by atomic mass is 127. The average Bonchev–Trinajstić information content (AvgIpc) is 2.95. The van der Waals surface area contributed by atoms with Crippen molar-refractivity contribution in [3.8, 4) is 0 Å². The third kappa shape index (κ3) is 37.8. The van der Waals surface area contributed by atoms with Crippen LogP contribution in [0.25, 0.3) is 0 Å². The molecule has 0 bridgehead atoms. The van der Waals surface area contributed by atoms with Gasteiger partial charge in [-0.2, -0.15) is 0 Å². The highest BCUT2D eigenvalue weighted by molar-refractivity contribution is 14.1. The van der Waals surface area contributed by atoms with Crippen molar-refractivity contribution in [2.45, 2.75) is 32.1 Å². The highest BCUT2D eigenvalue weighted by Crippen LogP contribution is 2.02. The fourth-order valence-electron chi connectivity index (χ4n) is 2.89. The van der Waals surface area contributed by atoms with Crippen LogP contribution in [0, 0.1) is 0 Å². The summed E-state index contributed by atoms with van der Waals surface area (Å²) >= 11 is 2.42. The van der Waals surface area contributed by atoms with Crippen molar-refractivity contribution in [3.05, 3.63) is 0 Å². The molecule has 0 aromatic rings. The van der Waals surface area contributed by atoms with E-state index in [4.69, 9.17) is 52.5 Å². The van der Waals surface area contributed by atoms with E-state index in [0.717, 1.165) is 13.0 Å². The second kappa shape index (κ2) is 36.8. The van der Waals surface area contributed by atoms with Gasteiger partial charge < -0.3 is 52.5 Å². The maximum absolute atomic E-state index is 10.3. The number of ether oxygens (including phenoxy) is 10. The smallest absolute Gasteiger partial charge is 0.305 e. The van der Waals surface area contributed by atoms with Gasteiger partial charge in [-0.3, -0.25) is 4.79 Å². The lowest BCUT2D eigenvalue weighted by atomic mass is 10.2. The maximum atomic E-state index is 10.3. The molecule has 0 spiro atoms. The van der Waals surface area contributed by atoms with Crippen LogP contribution in [0.5, 0.6) is 0 Å². The normalized spacial score (nSPS) is 11.4. The van der Waals surface area contributed by atoms with Gasteiger partial charge in [0.2, 0.25) is 0 Å². The van der Waals surface area contributed by atoms with Gasteiger partial charge in [-0.05, 0) is 17.3 Å². The number of alkyl halides is 1. The molecule has 0 aliphatic carbocycles. The second-order valence-corrected chi connectivity index (χ2v) is 9.45. The Balaban J connectivity index is 3.03. The van der Waals surface area contributed by atoms with Gasteiger partial charge in [0, 0.05) is 6.61 Å². The van der Waals surface area contributed by atoms with Crippen LogP contribution in [0.2, 0.25) is 0 Å². The summed E-state index contributed by atoms with van der Waals surface area (Å²) in [5.74, 6) is -0.870. The third-order valence-electron chi connectivity index (χ3n) is 4.98. The second-order valence-electron chi connectivity index (χ2n) is 8.37. The standard InChI is InChI=1S/C27H53IO12/c28-6-3-1-2-4-7-31-9-11-33-13-15-35-17-19-37-21-23-39-25-26-40-24-22-38-20-18-36-16-14-34-12-10-32-8-5-27(29)30/h1-26H2,(H,29,30). The first kappa shape index (κ1) is 39.8. The van der Waals surface area contributed by atoms with Gasteiger partial charge in [-0.25, -0.2) is 0 Å². The minimum Gasteiger partial charge on any atom is -0.481 e. The number of aliphatic carboxylic acids is 1. The molecule has 0 saturated carbocycles. The van der Waals surface area contributed by atoms with Crippen LogP contribution in [-0.4, -0.2) is 148 Å². The molecule has 0 fully saturated rings. The lowest BCUT2D eigenvalue weighted by Crippen LogP contribution is -2.15. The summed E-state index contributed by atoms with van der Waals surface area (Å²) in [6.45, 7) is 10.1. The fraction of sp³-hybridized carbons (Fsp3) is 0.963. The van der Waals surface area contributed by atoms with E-state index in [1.54, 1.807) is 0 Å². The molecule has 240 valence electrons. The average molecular weight is 697 g/mol. The van der Waals surface area contributed by atoms with E-state index in [-0.39, 0.29) is 13.0 Å². The number of unbranched alkanes of at least 4 members (excludes halogenated alkanes) is 3. The van der Waals surface area contributed by atoms with Gasteiger partial charge in [0.05, 0.1) is 132 Å². The SMILES string of the molecule is O=C(O)CCOCCOCCOCCOCCOCCOCCOCCOCCOCCOCCCCCCI. The van der Waals surface area contributed by atoms with Gasteiger partial charge in [0.15, 0.2) is 0 Å². The Labute approximate surface area is 254 Å². The van der Waals surface area contributed by atoms with Gasteiger partial charge in [0.25, 0.3) is 0 Å². The molecule has 0 aliphatic heterocycles. The fourth-order valence-corrected chi connectivity index (χ4v) is 3.43. The molecule has 13 heteroatoms. The monoisotopic (exact) mass is 696 g/mol. The van der Waals surface area contributed by atoms with Crippen molar-refractivity contribution >= 4 is 28.6 Å². The summed E-state index contributed by atoms with van der Waals surface area (Å²) in [4.78, 5) is 10.3. The van der Waals surface area contributed by atoms with Gasteiger partial charge in [-0.15, -0.1) is 0 Å². The minimum absolute atomic E-state index is 0.00238. The molecule has 0 amide bonds. The molecule has 40 heavy (non-hydrogen) atoms. The molecular formula is C27H53IO12. The summed E-state index contributed by atoms with van der Waals surface area (Å²) in [5, 5.41) is 8.47. The number of hydrogen-bond acceptors (Lipinski definition) is 11. The molecule has 0 radical (unpaired) electrons. The maximum Gasteiger partial charge on any atom is 0.305 e. The molecule has 0 atom stereocenters. The Bertz CT molecular complexity index is 490. The summed E-state index contributed by atoms with van der Waals surface area (Å²) in [7, 11) is 0. The molecule has 0 aromatic carbocycles. The van der Waals surface area contributed by atoms with Gasteiger partial charge in [0.1, 0.15) is 0 Å². The first-order valence-corrected chi connectivity index (χ1v) is 15.8. The van der Waals surface area contributed by atoms with Crippen LogP contribution in [-0.2, 0) is 52.2 Å². The van der Waals surface area contributed by atoms with E-state index in [0.29, 0.717) is 119 Å². The molecule has 0 unspecified atom stereocenters. The van der Waals surface area contributed by atoms with E-state index < -0.39 is 5.97 Å². The zero-order valence-electron chi connectivity index (χ0n) is 24.2. The van der Waals surface area contributed by atoms with E-state index in [1.165, 1.54) is 23.7 Å². The topological polar surface area (TPSA) is 130 Å². The Hall–Kier alpha value is -0.200. The van der Waals surface area contributed by atoms with E-state index >= 15 is 0 Å². The number of rotatable bonds is 36. The molecule has 0 aliphatic rings. The molecule has 0 heterocycles. The van der Waals surface area contributed by atoms with E-state index in [2.05, 4.69) is 22.6 Å². The van der Waals surface area contributed by atoms with Gasteiger partial charge in [-0.1, -0.05) is 35.4 Å². The zero-order valence-corrected chi connectivity index (χ0v) is 26.4. The Morgan fingerprint density at radius 3 is 0.900 bits per heavy atom. The van der Waals surface area contributed by atoms with Crippen molar-refractivity contribution in [2.24, 2.45) is 0 Å². The number of hydrogen-bond donors (Lipinski definition) is 1. The Morgan fingerprint density at radius 1 is 0.375 bits per heavy atom.